The topological polar surface area (TPSA) is 23.8 Å². The van der Waals surface area contributed by atoms with Gasteiger partial charge in [-0.25, -0.2) is 8.78 Å². The van der Waals surface area contributed by atoms with Gasteiger partial charge in [0.2, 0.25) is 0 Å². The molecule has 0 aromatic heterocycles. The van der Waals surface area contributed by atoms with E-state index in [0.717, 1.165) is 6.07 Å². The second-order valence-corrected chi connectivity index (χ2v) is 2.87. The van der Waals surface area contributed by atoms with E-state index in [0.29, 0.717) is 0 Å². The van der Waals surface area contributed by atoms with Gasteiger partial charge in [-0.1, -0.05) is 17.7 Å². The van der Waals surface area contributed by atoms with Gasteiger partial charge in [0, 0.05) is 6.42 Å². The van der Waals surface area contributed by atoms with E-state index in [1.165, 1.54) is 6.07 Å². The Labute approximate surface area is 79.6 Å². The lowest BCUT2D eigenvalue weighted by Gasteiger charge is -2.02. The lowest BCUT2D eigenvalue weighted by molar-refractivity contribution is 0.573. The number of hydrogen-bond acceptors (Lipinski definition) is 1. The van der Waals surface area contributed by atoms with Gasteiger partial charge >= 0.3 is 0 Å². The normalized spacial score (nSPS) is 9.69. The van der Waals surface area contributed by atoms with Crippen LogP contribution in [0, 0.1) is 23.0 Å². The Bertz CT molecular complexity index is 357. The molecule has 0 atom stereocenters. The molecule has 0 heterocycles. The first kappa shape index (κ1) is 9.94. The highest BCUT2D eigenvalue weighted by atomic mass is 35.5. The molecule has 0 saturated carbocycles. The monoisotopic (exact) mass is 201 g/mol. The fourth-order valence-corrected chi connectivity index (χ4v) is 1.13. The van der Waals surface area contributed by atoms with Crippen LogP contribution in [0.4, 0.5) is 8.78 Å². The lowest BCUT2D eigenvalue weighted by atomic mass is 10.1. The molecule has 0 radical (unpaired) electrons. The van der Waals surface area contributed by atoms with Gasteiger partial charge < -0.3 is 0 Å². The van der Waals surface area contributed by atoms with Crippen molar-refractivity contribution in [3.63, 3.8) is 0 Å². The molecule has 4 heteroatoms. The minimum absolute atomic E-state index is 0.193. The molecule has 68 valence electrons. The van der Waals surface area contributed by atoms with Crippen LogP contribution in [0.1, 0.15) is 12.0 Å². The van der Waals surface area contributed by atoms with Gasteiger partial charge in [0.05, 0.1) is 6.07 Å². The molecule has 1 aromatic rings. The third-order valence-corrected chi connectivity index (χ3v) is 1.97. The van der Waals surface area contributed by atoms with E-state index in [-0.39, 0.29) is 18.4 Å². The Hall–Kier alpha value is -1.14. The van der Waals surface area contributed by atoms with Gasteiger partial charge in [-0.15, -0.1) is 0 Å². The van der Waals surface area contributed by atoms with Crippen LogP contribution >= 0.6 is 11.6 Å². The van der Waals surface area contributed by atoms with Gasteiger partial charge in [-0.05, 0) is 18.1 Å². The van der Waals surface area contributed by atoms with Crippen molar-refractivity contribution in [2.45, 2.75) is 12.8 Å². The molecular formula is C9H6ClF2N. The van der Waals surface area contributed by atoms with Crippen molar-refractivity contribution < 1.29 is 8.78 Å². The smallest absolute Gasteiger partial charge is 0.148 e. The van der Waals surface area contributed by atoms with Gasteiger partial charge in [0.25, 0.3) is 0 Å². The summed E-state index contributed by atoms with van der Waals surface area (Å²) < 4.78 is 25.7. The van der Waals surface area contributed by atoms with Crippen molar-refractivity contribution in [3.05, 3.63) is 34.4 Å². The quantitative estimate of drug-likeness (QED) is 0.675. The summed E-state index contributed by atoms with van der Waals surface area (Å²) in [7, 11) is 0. The number of benzene rings is 1. The SMILES string of the molecule is N#CCCc1ccc(F)c(Cl)c1F. The second-order valence-electron chi connectivity index (χ2n) is 2.49. The number of nitrogens with zero attached hydrogens (tertiary/aromatic N) is 1. The van der Waals surface area contributed by atoms with E-state index in [4.69, 9.17) is 16.9 Å². The Morgan fingerprint density at radius 3 is 2.69 bits per heavy atom. The summed E-state index contributed by atoms with van der Waals surface area (Å²) >= 11 is 5.33. The standard InChI is InChI=1S/C9H6ClF2N/c10-8-7(11)4-3-6(9(8)12)2-1-5-13/h3-4H,1-2H2. The van der Waals surface area contributed by atoms with Gasteiger partial charge in [-0.3, -0.25) is 0 Å². The van der Waals surface area contributed by atoms with Crippen LogP contribution in [0.3, 0.4) is 0 Å². The fourth-order valence-electron chi connectivity index (χ4n) is 0.950. The molecule has 1 aromatic carbocycles. The van der Waals surface area contributed by atoms with Gasteiger partial charge in [0.1, 0.15) is 16.7 Å². The molecule has 0 fully saturated rings. The van der Waals surface area contributed by atoms with Crippen LogP contribution in [0.5, 0.6) is 0 Å². The zero-order chi connectivity index (χ0) is 9.84. The lowest BCUT2D eigenvalue weighted by Crippen LogP contribution is -1.93. The van der Waals surface area contributed by atoms with Crippen LogP contribution < -0.4 is 0 Å². The summed E-state index contributed by atoms with van der Waals surface area (Å²) in [5.41, 5.74) is 0.271. The summed E-state index contributed by atoms with van der Waals surface area (Å²) in [5, 5.41) is 7.76. The third kappa shape index (κ3) is 2.16. The number of nitriles is 1. The average molecular weight is 202 g/mol. The summed E-state index contributed by atoms with van der Waals surface area (Å²) in [5.74, 6) is -1.54. The number of hydrogen-bond donors (Lipinski definition) is 0. The predicted octanol–water partition coefficient (Wildman–Crippen LogP) is 3.07. The van der Waals surface area contributed by atoms with E-state index in [2.05, 4.69) is 0 Å². The molecule has 1 rings (SSSR count). The predicted molar refractivity (Wildman–Crippen MR) is 45.3 cm³/mol. The Balaban J connectivity index is 2.98. The summed E-state index contributed by atoms with van der Waals surface area (Å²) in [6, 6.07) is 4.27. The van der Waals surface area contributed by atoms with Crippen molar-refractivity contribution in [1.29, 1.82) is 5.26 Å². The van der Waals surface area contributed by atoms with E-state index < -0.39 is 16.7 Å². The fraction of sp³-hybridized carbons (Fsp3) is 0.222. The van der Waals surface area contributed by atoms with Crippen LogP contribution in [-0.2, 0) is 6.42 Å². The molecule has 0 amide bonds. The first-order valence-corrected chi connectivity index (χ1v) is 4.04. The van der Waals surface area contributed by atoms with Gasteiger partial charge in [-0.2, -0.15) is 5.26 Å². The van der Waals surface area contributed by atoms with E-state index in [1.807, 2.05) is 6.07 Å². The second kappa shape index (κ2) is 4.20. The minimum atomic E-state index is -0.778. The molecule has 0 unspecified atom stereocenters. The molecule has 0 aliphatic carbocycles. The van der Waals surface area contributed by atoms with Crippen LogP contribution in [0.25, 0.3) is 0 Å². The third-order valence-electron chi connectivity index (χ3n) is 1.62. The van der Waals surface area contributed by atoms with E-state index >= 15 is 0 Å². The van der Waals surface area contributed by atoms with Crippen molar-refractivity contribution >= 4 is 11.6 Å². The first-order chi connectivity index (χ1) is 6.16. The molecule has 13 heavy (non-hydrogen) atoms. The zero-order valence-electron chi connectivity index (χ0n) is 6.65. The molecule has 0 N–H and O–H groups in total. The highest BCUT2D eigenvalue weighted by Gasteiger charge is 2.10. The summed E-state index contributed by atoms with van der Waals surface area (Å²) in [4.78, 5) is 0. The van der Waals surface area contributed by atoms with Crippen molar-refractivity contribution in [2.75, 3.05) is 0 Å². The summed E-state index contributed by atoms with van der Waals surface area (Å²) in [6.07, 6.45) is 0.446. The molecule has 0 bridgehead atoms. The Morgan fingerprint density at radius 1 is 1.38 bits per heavy atom. The first-order valence-electron chi connectivity index (χ1n) is 3.66. The zero-order valence-corrected chi connectivity index (χ0v) is 7.41. The number of aryl methyl sites for hydroxylation is 1. The molecule has 1 nitrogen and oxygen atoms in total. The summed E-state index contributed by atoms with van der Waals surface area (Å²) in [6.45, 7) is 0. The highest BCUT2D eigenvalue weighted by molar-refractivity contribution is 6.30. The number of halogens is 3. The molecule has 0 saturated heterocycles. The Kier molecular flexibility index (Phi) is 3.21. The minimum Gasteiger partial charge on any atom is -0.205 e. The van der Waals surface area contributed by atoms with Crippen LogP contribution in [0.15, 0.2) is 12.1 Å². The maximum Gasteiger partial charge on any atom is 0.148 e. The molecule has 0 aliphatic heterocycles. The van der Waals surface area contributed by atoms with Crippen LogP contribution in [-0.4, -0.2) is 0 Å². The maximum absolute atomic E-state index is 13.1. The van der Waals surface area contributed by atoms with Crippen molar-refractivity contribution in [1.82, 2.24) is 0 Å². The maximum atomic E-state index is 13.1. The Morgan fingerprint density at radius 2 is 2.08 bits per heavy atom. The van der Waals surface area contributed by atoms with E-state index in [1.54, 1.807) is 0 Å². The van der Waals surface area contributed by atoms with Crippen molar-refractivity contribution in [3.8, 4) is 6.07 Å². The molecule has 0 spiro atoms. The van der Waals surface area contributed by atoms with Crippen molar-refractivity contribution in [2.24, 2.45) is 0 Å². The van der Waals surface area contributed by atoms with Crippen LogP contribution in [0.2, 0.25) is 5.02 Å². The van der Waals surface area contributed by atoms with Gasteiger partial charge in [0.15, 0.2) is 0 Å². The largest absolute Gasteiger partial charge is 0.205 e. The molecule has 0 aliphatic rings. The number of rotatable bonds is 2. The van der Waals surface area contributed by atoms with E-state index in [9.17, 15) is 8.78 Å². The average Bonchev–Trinajstić information content (AvgIpc) is 2.13. The molecular weight excluding hydrogens is 196 g/mol. The highest BCUT2D eigenvalue weighted by Crippen LogP contribution is 2.22.